The Kier molecular flexibility index (Phi) is 2.75. The van der Waals surface area contributed by atoms with Gasteiger partial charge >= 0.3 is 11.1 Å². The first-order valence-electron chi connectivity index (χ1n) is 8.83. The summed E-state index contributed by atoms with van der Waals surface area (Å²) >= 11 is 0. The molecule has 1 aliphatic rings. The summed E-state index contributed by atoms with van der Waals surface area (Å²) < 4.78 is 6.74. The van der Waals surface area contributed by atoms with Gasteiger partial charge in [-0.25, -0.2) is 9.78 Å². The van der Waals surface area contributed by atoms with Gasteiger partial charge in [0.15, 0.2) is 5.69 Å². The monoisotopic (exact) mass is 352 g/mol. The predicted octanol–water partition coefficient (Wildman–Crippen LogP) is 3.49. The van der Waals surface area contributed by atoms with Gasteiger partial charge in [-0.3, -0.25) is 4.52 Å². The third-order valence-electron chi connectivity index (χ3n) is 5.29. The average molecular weight is 352 g/mol. The van der Waals surface area contributed by atoms with Crippen LogP contribution < -0.4 is 10.1 Å². The molecule has 5 nitrogen and oxygen atoms in total. The number of nitrogens with zero attached hydrogens (tertiary/aromatic N) is 2. The lowest BCUT2D eigenvalue weighted by molar-refractivity contribution is -0.568. The van der Waals surface area contributed by atoms with E-state index in [4.69, 9.17) is 9.51 Å². The minimum atomic E-state index is -0.424. The third kappa shape index (κ3) is 1.96. The lowest BCUT2D eigenvalue weighted by Crippen LogP contribution is -2.27. The zero-order chi connectivity index (χ0) is 18.0. The summed E-state index contributed by atoms with van der Waals surface area (Å²) in [5, 5.41) is 2.70. The van der Waals surface area contributed by atoms with Crippen LogP contribution in [0, 0.1) is 0 Å². The lowest BCUT2D eigenvalue weighted by atomic mass is 10.0. The standard InChI is InChI=1S/C22H13N3O2/c26-22-21-20(23-18-7-3-4-8-19(18)25(21)24-27-22)14-9-10-17-15(12-14)11-13-5-1-2-6-16(13)17/h1-10,12H,11H2/p+1. The number of aromatic amines is 1. The van der Waals surface area contributed by atoms with Crippen molar-refractivity contribution in [3.63, 3.8) is 0 Å². The highest BCUT2D eigenvalue weighted by molar-refractivity contribution is 5.84. The number of benzene rings is 3. The highest BCUT2D eigenvalue weighted by Gasteiger charge is 2.26. The van der Waals surface area contributed by atoms with Crippen molar-refractivity contribution in [2.75, 3.05) is 0 Å². The van der Waals surface area contributed by atoms with Gasteiger partial charge in [0.2, 0.25) is 0 Å². The molecule has 128 valence electrons. The van der Waals surface area contributed by atoms with Crippen molar-refractivity contribution < 1.29 is 9.04 Å². The Labute approximate surface area is 153 Å². The minimum Gasteiger partial charge on any atom is -0.282 e. The maximum atomic E-state index is 12.4. The molecule has 0 unspecified atom stereocenters. The molecule has 0 fully saturated rings. The first kappa shape index (κ1) is 14.4. The molecular weight excluding hydrogens is 338 g/mol. The van der Waals surface area contributed by atoms with Gasteiger partial charge in [-0.05, 0) is 50.6 Å². The molecule has 2 heterocycles. The van der Waals surface area contributed by atoms with Gasteiger partial charge in [-0.15, -0.1) is 0 Å². The predicted molar refractivity (Wildman–Crippen MR) is 101 cm³/mol. The average Bonchev–Trinajstić information content (AvgIpc) is 3.28. The molecule has 0 saturated heterocycles. The molecule has 0 saturated carbocycles. The van der Waals surface area contributed by atoms with Gasteiger partial charge in [0.05, 0.1) is 0 Å². The Balaban J connectivity index is 1.64. The summed E-state index contributed by atoms with van der Waals surface area (Å²) in [4.78, 5) is 17.2. The fraction of sp³-hybridized carbons (Fsp3) is 0.0455. The van der Waals surface area contributed by atoms with E-state index >= 15 is 0 Å². The first-order valence-corrected chi connectivity index (χ1v) is 8.83. The van der Waals surface area contributed by atoms with Crippen molar-refractivity contribution >= 4 is 16.6 Å². The molecule has 5 aromatic rings. The lowest BCUT2D eigenvalue weighted by Gasteiger charge is -2.04. The number of nitrogens with one attached hydrogen (secondary N) is 1. The van der Waals surface area contributed by atoms with E-state index in [0.29, 0.717) is 11.2 Å². The zero-order valence-corrected chi connectivity index (χ0v) is 14.3. The SMILES string of the molecule is O=c1o[nH][n+]2c1c(-c1ccc3c(c1)Cc1ccccc1-3)nc1ccccc12. The Morgan fingerprint density at radius 3 is 2.70 bits per heavy atom. The van der Waals surface area contributed by atoms with E-state index in [0.717, 1.165) is 23.0 Å². The van der Waals surface area contributed by atoms with Crippen LogP contribution in [0.1, 0.15) is 11.1 Å². The number of aromatic nitrogens is 3. The number of hydrogen-bond donors (Lipinski definition) is 1. The van der Waals surface area contributed by atoms with Crippen LogP contribution in [-0.4, -0.2) is 10.3 Å². The number of fused-ring (bicyclic) bond motifs is 6. The Hall–Kier alpha value is -3.73. The second-order valence-corrected chi connectivity index (χ2v) is 6.82. The van der Waals surface area contributed by atoms with Crippen molar-refractivity contribution in [3.05, 3.63) is 88.3 Å². The Morgan fingerprint density at radius 1 is 0.926 bits per heavy atom. The van der Waals surface area contributed by atoms with Crippen LogP contribution in [0.5, 0.6) is 0 Å². The number of para-hydroxylation sites is 2. The van der Waals surface area contributed by atoms with E-state index in [9.17, 15) is 4.79 Å². The summed E-state index contributed by atoms with van der Waals surface area (Å²) in [7, 11) is 0. The van der Waals surface area contributed by atoms with Crippen molar-refractivity contribution in [1.82, 2.24) is 10.3 Å². The van der Waals surface area contributed by atoms with E-state index in [2.05, 4.69) is 41.7 Å². The van der Waals surface area contributed by atoms with Crippen LogP contribution in [0.15, 0.2) is 76.0 Å². The van der Waals surface area contributed by atoms with Crippen LogP contribution in [0.3, 0.4) is 0 Å². The maximum absolute atomic E-state index is 12.4. The van der Waals surface area contributed by atoms with Gasteiger partial charge < -0.3 is 0 Å². The first-order chi connectivity index (χ1) is 13.3. The summed E-state index contributed by atoms with van der Waals surface area (Å²) in [6.07, 6.45) is 0.894. The van der Waals surface area contributed by atoms with E-state index in [1.165, 1.54) is 22.3 Å². The van der Waals surface area contributed by atoms with E-state index in [1.54, 1.807) is 4.52 Å². The molecule has 0 bridgehead atoms. The summed E-state index contributed by atoms with van der Waals surface area (Å²) in [6.45, 7) is 0. The molecule has 2 aromatic heterocycles. The molecule has 27 heavy (non-hydrogen) atoms. The second kappa shape index (κ2) is 5.14. The van der Waals surface area contributed by atoms with Crippen molar-refractivity contribution in [1.29, 1.82) is 0 Å². The minimum absolute atomic E-state index is 0.421. The van der Waals surface area contributed by atoms with Crippen LogP contribution in [-0.2, 0) is 6.42 Å². The smallest absolute Gasteiger partial charge is 0.282 e. The maximum Gasteiger partial charge on any atom is 0.437 e. The molecule has 0 atom stereocenters. The number of H-pyrrole nitrogens is 1. The van der Waals surface area contributed by atoms with E-state index in [1.807, 2.05) is 30.3 Å². The van der Waals surface area contributed by atoms with E-state index in [-0.39, 0.29) is 0 Å². The van der Waals surface area contributed by atoms with E-state index < -0.39 is 5.63 Å². The molecular formula is C22H14N3O2+. The summed E-state index contributed by atoms with van der Waals surface area (Å²) in [5.41, 5.74) is 8.25. The Morgan fingerprint density at radius 2 is 1.74 bits per heavy atom. The molecule has 0 amide bonds. The van der Waals surface area contributed by atoms with Crippen molar-refractivity contribution in [2.24, 2.45) is 0 Å². The third-order valence-corrected chi connectivity index (χ3v) is 5.29. The quantitative estimate of drug-likeness (QED) is 0.461. The molecule has 0 spiro atoms. The van der Waals surface area contributed by atoms with Gasteiger partial charge in [0.1, 0.15) is 5.52 Å². The normalized spacial score (nSPS) is 12.4. The topological polar surface area (TPSA) is 63.0 Å². The van der Waals surface area contributed by atoms with Crippen molar-refractivity contribution in [3.8, 4) is 22.4 Å². The van der Waals surface area contributed by atoms with Gasteiger partial charge in [0, 0.05) is 11.6 Å². The fourth-order valence-corrected chi connectivity index (χ4v) is 4.06. The van der Waals surface area contributed by atoms with Gasteiger partial charge in [-0.2, -0.15) is 0 Å². The van der Waals surface area contributed by atoms with Gasteiger partial charge in [-0.1, -0.05) is 48.5 Å². The number of rotatable bonds is 1. The zero-order valence-electron chi connectivity index (χ0n) is 14.3. The molecule has 5 heteroatoms. The van der Waals surface area contributed by atoms with Gasteiger partial charge in [0.25, 0.3) is 5.52 Å². The molecule has 6 rings (SSSR count). The highest BCUT2D eigenvalue weighted by Crippen LogP contribution is 2.38. The summed E-state index contributed by atoms with van der Waals surface area (Å²) in [6, 6.07) is 22.4. The second-order valence-electron chi connectivity index (χ2n) is 6.82. The van der Waals surface area contributed by atoms with Crippen molar-refractivity contribution in [2.45, 2.75) is 6.42 Å². The highest BCUT2D eigenvalue weighted by atomic mass is 16.5. The largest absolute Gasteiger partial charge is 0.437 e. The van der Waals surface area contributed by atoms with Crippen LogP contribution in [0.4, 0.5) is 0 Å². The molecule has 1 aliphatic carbocycles. The van der Waals surface area contributed by atoms with Crippen LogP contribution >= 0.6 is 0 Å². The summed E-state index contributed by atoms with van der Waals surface area (Å²) in [5.74, 6) is 0. The Bertz CT molecular complexity index is 1430. The molecule has 3 aromatic carbocycles. The molecule has 1 N–H and O–H groups in total. The number of hydrogen-bond acceptors (Lipinski definition) is 3. The fourth-order valence-electron chi connectivity index (χ4n) is 4.06. The molecule has 0 aliphatic heterocycles. The molecule has 0 radical (unpaired) electrons. The van der Waals surface area contributed by atoms with Crippen LogP contribution in [0.2, 0.25) is 0 Å². The van der Waals surface area contributed by atoms with Crippen LogP contribution in [0.25, 0.3) is 38.9 Å².